The molecule has 0 aromatic heterocycles. The molecule has 0 aliphatic rings. The van der Waals surface area contributed by atoms with Crippen molar-refractivity contribution in [2.75, 3.05) is 5.73 Å². The summed E-state index contributed by atoms with van der Waals surface area (Å²) in [6.45, 7) is 4.00. The Balaban J connectivity index is -0.000000149. The summed E-state index contributed by atoms with van der Waals surface area (Å²) in [5.41, 5.74) is 6.13. The van der Waals surface area contributed by atoms with E-state index in [1.807, 2.05) is 13.8 Å². The third-order valence-corrected chi connectivity index (χ3v) is 0.744. The quantitative estimate of drug-likeness (QED) is 0.534. The monoisotopic (exact) mass is 226 g/mol. The maximum Gasteiger partial charge on any atom is 0 e. The van der Waals surface area contributed by atoms with Gasteiger partial charge in [0.15, 0.2) is 0 Å². The molecule has 0 fully saturated rings. The van der Waals surface area contributed by atoms with Crippen molar-refractivity contribution >= 4 is 5.69 Å². The van der Waals surface area contributed by atoms with Crippen LogP contribution in [0.1, 0.15) is 13.8 Å². The Kier molecular flexibility index (Phi) is 20.1. The van der Waals surface area contributed by atoms with Crippen LogP contribution < -0.4 is 5.73 Å². The van der Waals surface area contributed by atoms with Crippen LogP contribution in [0.4, 0.5) is 5.69 Å². The molecule has 0 unspecified atom stereocenters. The SMILES string of the molecule is CC.Nc1cc[c-]cc1.[CH3-].[Y]. The van der Waals surface area contributed by atoms with Gasteiger partial charge in [-0.2, -0.15) is 18.2 Å². The van der Waals surface area contributed by atoms with Gasteiger partial charge in [0, 0.05) is 32.7 Å². The molecule has 0 saturated carbocycles. The summed E-state index contributed by atoms with van der Waals surface area (Å²) in [7, 11) is 0. The van der Waals surface area contributed by atoms with E-state index >= 15 is 0 Å². The smallest absolute Gasteiger partial charge is 0 e. The first-order valence-electron chi connectivity index (χ1n) is 3.11. The van der Waals surface area contributed by atoms with Gasteiger partial charge in [-0.1, -0.05) is 19.5 Å². The van der Waals surface area contributed by atoms with Crippen LogP contribution in [-0.2, 0) is 32.7 Å². The van der Waals surface area contributed by atoms with E-state index in [4.69, 9.17) is 5.73 Å². The second kappa shape index (κ2) is 12.8. The second-order valence-corrected chi connectivity index (χ2v) is 1.33. The first-order valence-corrected chi connectivity index (χ1v) is 3.11. The van der Waals surface area contributed by atoms with Crippen molar-refractivity contribution in [1.29, 1.82) is 0 Å². The number of rotatable bonds is 0. The number of nitrogen functional groups attached to an aromatic ring is 1. The summed E-state index contributed by atoms with van der Waals surface area (Å²) in [5.74, 6) is 0. The van der Waals surface area contributed by atoms with Crippen LogP contribution >= 0.6 is 0 Å². The van der Waals surface area contributed by atoms with Gasteiger partial charge in [0.05, 0.1) is 0 Å². The Morgan fingerprint density at radius 1 is 1.18 bits per heavy atom. The summed E-state index contributed by atoms with van der Waals surface area (Å²) < 4.78 is 0. The van der Waals surface area contributed by atoms with Crippen molar-refractivity contribution in [3.05, 3.63) is 37.8 Å². The predicted molar refractivity (Wildman–Crippen MR) is 47.5 cm³/mol. The standard InChI is InChI=1S/C6H6N.C2H6.CH3.Y/c7-6-4-2-1-3-5-6;1-2;;/h2-5H,7H2;1-2H3;1H3;/q-1;;-1;. The molecule has 0 heterocycles. The van der Waals surface area contributed by atoms with E-state index in [-0.39, 0.29) is 40.1 Å². The fraction of sp³-hybridized carbons (Fsp3) is 0.222. The van der Waals surface area contributed by atoms with E-state index < -0.39 is 0 Å². The van der Waals surface area contributed by atoms with E-state index in [9.17, 15) is 0 Å². The minimum Gasteiger partial charge on any atom is -0.419 e. The van der Waals surface area contributed by atoms with Crippen LogP contribution in [0.15, 0.2) is 24.3 Å². The molecule has 1 nitrogen and oxygen atoms in total. The molecule has 1 rings (SSSR count). The number of benzene rings is 1. The zero-order chi connectivity index (χ0) is 7.11. The van der Waals surface area contributed by atoms with E-state index in [0.717, 1.165) is 5.69 Å². The number of nitrogens with two attached hydrogens (primary N) is 1. The van der Waals surface area contributed by atoms with E-state index in [2.05, 4.69) is 6.07 Å². The molecule has 0 saturated heterocycles. The Labute approximate surface area is 95.3 Å². The van der Waals surface area contributed by atoms with Gasteiger partial charge in [0.1, 0.15) is 0 Å². The minimum absolute atomic E-state index is 0. The molecule has 0 bridgehead atoms. The van der Waals surface area contributed by atoms with Crippen molar-refractivity contribution in [3.63, 3.8) is 0 Å². The van der Waals surface area contributed by atoms with Crippen molar-refractivity contribution in [2.45, 2.75) is 13.8 Å². The molecule has 1 aromatic carbocycles. The topological polar surface area (TPSA) is 26.0 Å². The van der Waals surface area contributed by atoms with Crippen LogP contribution in [0.5, 0.6) is 0 Å². The molecular formula is C9H15NY-2. The van der Waals surface area contributed by atoms with Crippen LogP contribution in [0.25, 0.3) is 0 Å². The van der Waals surface area contributed by atoms with E-state index in [0.29, 0.717) is 0 Å². The predicted octanol–water partition coefficient (Wildman–Crippen LogP) is 2.54. The molecule has 1 aromatic rings. The average molecular weight is 226 g/mol. The molecule has 0 aliphatic heterocycles. The molecule has 61 valence electrons. The molecule has 2 heteroatoms. The Hall–Kier alpha value is 0.124. The second-order valence-electron chi connectivity index (χ2n) is 1.33. The van der Waals surface area contributed by atoms with E-state index in [1.54, 1.807) is 24.3 Å². The molecule has 2 N–H and O–H groups in total. The van der Waals surface area contributed by atoms with Gasteiger partial charge in [-0.25, -0.2) is 0 Å². The van der Waals surface area contributed by atoms with Gasteiger partial charge in [0.2, 0.25) is 0 Å². The first-order chi connectivity index (χ1) is 4.39. The first kappa shape index (κ1) is 17.3. The average Bonchev–Trinajstić information content (AvgIpc) is 1.94. The van der Waals surface area contributed by atoms with Crippen LogP contribution in [-0.4, -0.2) is 0 Å². The molecule has 11 heavy (non-hydrogen) atoms. The molecule has 0 amide bonds. The van der Waals surface area contributed by atoms with Crippen molar-refractivity contribution in [2.24, 2.45) is 0 Å². The van der Waals surface area contributed by atoms with Crippen LogP contribution in [0.3, 0.4) is 0 Å². The van der Waals surface area contributed by atoms with Crippen LogP contribution in [0.2, 0.25) is 0 Å². The molecule has 0 atom stereocenters. The molecule has 1 radical (unpaired) electrons. The summed E-state index contributed by atoms with van der Waals surface area (Å²) in [6, 6.07) is 10.0. The third kappa shape index (κ3) is 10.1. The number of hydrogen-bond donors (Lipinski definition) is 1. The Morgan fingerprint density at radius 3 is 1.73 bits per heavy atom. The van der Waals surface area contributed by atoms with E-state index in [1.165, 1.54) is 0 Å². The normalized spacial score (nSPS) is 6.00. The van der Waals surface area contributed by atoms with Crippen molar-refractivity contribution in [1.82, 2.24) is 0 Å². The van der Waals surface area contributed by atoms with Crippen molar-refractivity contribution in [3.8, 4) is 0 Å². The minimum atomic E-state index is 0. The fourth-order valence-electron chi connectivity index (χ4n) is 0.400. The largest absolute Gasteiger partial charge is 0.419 e. The number of anilines is 1. The van der Waals surface area contributed by atoms with Gasteiger partial charge < -0.3 is 13.2 Å². The Bertz CT molecular complexity index is 139. The zero-order valence-corrected chi connectivity index (χ0v) is 10.3. The van der Waals surface area contributed by atoms with Gasteiger partial charge in [-0.3, -0.25) is 0 Å². The van der Waals surface area contributed by atoms with Crippen molar-refractivity contribution < 1.29 is 32.7 Å². The summed E-state index contributed by atoms with van der Waals surface area (Å²) in [4.78, 5) is 0. The van der Waals surface area contributed by atoms with Gasteiger partial charge in [-0.05, 0) is 0 Å². The fourth-order valence-corrected chi connectivity index (χ4v) is 0.400. The molecule has 0 spiro atoms. The van der Waals surface area contributed by atoms with Gasteiger partial charge in [0.25, 0.3) is 0 Å². The van der Waals surface area contributed by atoms with Crippen LogP contribution in [0, 0.1) is 13.5 Å². The van der Waals surface area contributed by atoms with Gasteiger partial charge in [-0.15, -0.1) is 12.1 Å². The maximum atomic E-state index is 5.34. The third-order valence-electron chi connectivity index (χ3n) is 0.744. The summed E-state index contributed by atoms with van der Waals surface area (Å²) in [6.07, 6.45) is 0. The van der Waals surface area contributed by atoms with Gasteiger partial charge >= 0.3 is 0 Å². The summed E-state index contributed by atoms with van der Waals surface area (Å²) >= 11 is 0. The number of hydrogen-bond acceptors (Lipinski definition) is 1. The molecule has 0 aliphatic carbocycles. The zero-order valence-electron chi connectivity index (χ0n) is 7.46. The Morgan fingerprint density at radius 2 is 1.55 bits per heavy atom. The molecular weight excluding hydrogens is 211 g/mol. The maximum absolute atomic E-state index is 5.34. The summed E-state index contributed by atoms with van der Waals surface area (Å²) in [5, 5.41) is 0.